The Labute approximate surface area is 161 Å². The van der Waals surface area contributed by atoms with Gasteiger partial charge in [-0.2, -0.15) is 0 Å². The second kappa shape index (κ2) is 9.89. The van der Waals surface area contributed by atoms with Gasteiger partial charge in [-0.15, -0.1) is 0 Å². The zero-order valence-electron chi connectivity index (χ0n) is 16.0. The lowest BCUT2D eigenvalue weighted by atomic mass is 10.1. The molecule has 1 aromatic carbocycles. The number of aliphatic hydroxyl groups excluding tert-OH is 1. The van der Waals surface area contributed by atoms with E-state index in [4.69, 9.17) is 13.9 Å². The molecule has 1 fully saturated rings. The van der Waals surface area contributed by atoms with E-state index in [1.165, 1.54) is 18.7 Å². The van der Waals surface area contributed by atoms with E-state index in [0.717, 1.165) is 23.0 Å². The maximum absolute atomic E-state index is 11.6. The van der Waals surface area contributed by atoms with E-state index < -0.39 is 38.0 Å². The molecule has 0 radical (unpaired) electrons. The predicted molar refractivity (Wildman–Crippen MR) is 106 cm³/mol. The van der Waals surface area contributed by atoms with Gasteiger partial charge in [-0.3, -0.25) is 4.79 Å². The van der Waals surface area contributed by atoms with Gasteiger partial charge < -0.3 is 19.0 Å². The SMILES string of the molecule is CC[Si](CC)(CC)O[C@H]1CO[C@H](Sc2ccccc2)[C@H](OC(C)=O)[C@H]1O. The second-order valence-corrected chi connectivity index (χ2v) is 12.5. The molecule has 0 saturated carbocycles. The molecule has 0 aliphatic carbocycles. The first-order valence-electron chi connectivity index (χ1n) is 9.31. The Bertz CT molecular complexity index is 558. The van der Waals surface area contributed by atoms with Crippen LogP contribution in [0.15, 0.2) is 35.2 Å². The van der Waals surface area contributed by atoms with E-state index in [9.17, 15) is 9.90 Å². The highest BCUT2D eigenvalue weighted by Gasteiger charge is 2.45. The molecule has 1 aromatic rings. The zero-order chi connectivity index (χ0) is 19.2. The van der Waals surface area contributed by atoms with Crippen molar-refractivity contribution in [2.75, 3.05) is 6.61 Å². The standard InChI is InChI=1S/C19H30O5SSi/c1-5-26(6-2,7-3)24-16-13-22-19(18(17(16)21)23-14(4)20)25-15-11-9-8-10-12-15/h8-12,16-19,21H,5-7,13H2,1-4H3/t16-,17-,18+,19+/m0/s1. The third-order valence-electron chi connectivity index (χ3n) is 5.04. The summed E-state index contributed by atoms with van der Waals surface area (Å²) in [6.45, 7) is 8.09. The molecule has 1 saturated heterocycles. The molecule has 7 heteroatoms. The molecular weight excluding hydrogens is 368 g/mol. The van der Waals surface area contributed by atoms with Crippen LogP contribution in [0.3, 0.4) is 0 Å². The highest BCUT2D eigenvalue weighted by molar-refractivity contribution is 7.99. The Balaban J connectivity index is 2.14. The van der Waals surface area contributed by atoms with E-state index in [1.54, 1.807) is 0 Å². The van der Waals surface area contributed by atoms with Crippen LogP contribution in [-0.4, -0.2) is 49.7 Å². The molecule has 1 heterocycles. The molecule has 0 spiro atoms. The summed E-state index contributed by atoms with van der Waals surface area (Å²) >= 11 is 1.45. The molecule has 2 rings (SSSR count). The van der Waals surface area contributed by atoms with Crippen molar-refractivity contribution < 1.29 is 23.8 Å². The summed E-state index contributed by atoms with van der Waals surface area (Å²) in [6.07, 6.45) is -2.11. The van der Waals surface area contributed by atoms with Crippen molar-refractivity contribution in [1.29, 1.82) is 0 Å². The maximum atomic E-state index is 11.6. The van der Waals surface area contributed by atoms with Gasteiger partial charge >= 0.3 is 5.97 Å². The minimum Gasteiger partial charge on any atom is -0.456 e. The van der Waals surface area contributed by atoms with E-state index in [1.807, 2.05) is 30.3 Å². The van der Waals surface area contributed by atoms with Crippen LogP contribution in [0.2, 0.25) is 18.1 Å². The number of esters is 1. The average molecular weight is 399 g/mol. The molecule has 0 unspecified atom stereocenters. The molecular formula is C19H30O5SSi. The Morgan fingerprint density at radius 1 is 1.23 bits per heavy atom. The summed E-state index contributed by atoms with van der Waals surface area (Å²) in [6, 6.07) is 12.7. The first-order chi connectivity index (χ1) is 12.4. The van der Waals surface area contributed by atoms with E-state index >= 15 is 0 Å². The molecule has 1 N–H and O–H groups in total. The number of rotatable bonds is 8. The summed E-state index contributed by atoms with van der Waals surface area (Å²) < 4.78 is 17.8. The van der Waals surface area contributed by atoms with Gasteiger partial charge in [0.1, 0.15) is 11.5 Å². The third-order valence-corrected chi connectivity index (χ3v) is 10.9. The summed E-state index contributed by atoms with van der Waals surface area (Å²) in [4.78, 5) is 12.6. The van der Waals surface area contributed by atoms with Crippen molar-refractivity contribution in [3.8, 4) is 0 Å². The van der Waals surface area contributed by atoms with Crippen molar-refractivity contribution in [2.45, 2.75) is 74.5 Å². The first-order valence-corrected chi connectivity index (χ1v) is 12.7. The lowest BCUT2D eigenvalue weighted by molar-refractivity contribution is -0.187. The summed E-state index contributed by atoms with van der Waals surface area (Å²) in [5, 5.41) is 10.9. The number of benzene rings is 1. The zero-order valence-corrected chi connectivity index (χ0v) is 17.8. The van der Waals surface area contributed by atoms with E-state index in [0.29, 0.717) is 6.61 Å². The van der Waals surface area contributed by atoms with Crippen LogP contribution in [0.5, 0.6) is 0 Å². The fourth-order valence-corrected chi connectivity index (χ4v) is 7.16. The Morgan fingerprint density at radius 3 is 2.38 bits per heavy atom. The molecule has 0 bridgehead atoms. The van der Waals surface area contributed by atoms with Gasteiger partial charge in [-0.1, -0.05) is 50.7 Å². The van der Waals surface area contributed by atoms with Crippen molar-refractivity contribution in [3.63, 3.8) is 0 Å². The van der Waals surface area contributed by atoms with Gasteiger partial charge in [0.15, 0.2) is 14.4 Å². The number of hydrogen-bond acceptors (Lipinski definition) is 6. The van der Waals surface area contributed by atoms with Gasteiger partial charge in [0.2, 0.25) is 0 Å². The molecule has 146 valence electrons. The first kappa shape index (κ1) is 21.4. The second-order valence-electron chi connectivity index (χ2n) is 6.60. The summed E-state index contributed by atoms with van der Waals surface area (Å²) in [5.41, 5.74) is -0.461. The van der Waals surface area contributed by atoms with Gasteiger partial charge in [0.25, 0.3) is 0 Å². The Hall–Kier alpha value is -0.863. The Kier molecular flexibility index (Phi) is 8.16. The molecule has 0 aromatic heterocycles. The smallest absolute Gasteiger partial charge is 0.303 e. The predicted octanol–water partition coefficient (Wildman–Crippen LogP) is 3.82. The van der Waals surface area contributed by atoms with Crippen LogP contribution >= 0.6 is 11.8 Å². The van der Waals surface area contributed by atoms with Crippen LogP contribution in [0.25, 0.3) is 0 Å². The van der Waals surface area contributed by atoms with Crippen LogP contribution in [-0.2, 0) is 18.7 Å². The molecule has 4 atom stereocenters. The van der Waals surface area contributed by atoms with Gasteiger partial charge in [-0.25, -0.2) is 0 Å². The van der Waals surface area contributed by atoms with E-state index in [-0.39, 0.29) is 0 Å². The summed E-state index contributed by atoms with van der Waals surface area (Å²) in [5.74, 6) is -0.429. The number of thioether (sulfide) groups is 1. The lowest BCUT2D eigenvalue weighted by Gasteiger charge is -2.42. The van der Waals surface area contributed by atoms with Gasteiger partial charge in [0, 0.05) is 11.8 Å². The number of carbonyl (C=O) groups is 1. The molecule has 26 heavy (non-hydrogen) atoms. The topological polar surface area (TPSA) is 65.0 Å². The van der Waals surface area contributed by atoms with Gasteiger partial charge in [-0.05, 0) is 30.3 Å². The fourth-order valence-electron chi connectivity index (χ4n) is 3.23. The fraction of sp³-hybridized carbons (Fsp3) is 0.632. The van der Waals surface area contributed by atoms with Crippen molar-refractivity contribution in [3.05, 3.63) is 30.3 Å². The number of hydrogen-bond donors (Lipinski definition) is 1. The van der Waals surface area contributed by atoms with Crippen LogP contribution in [0.4, 0.5) is 0 Å². The minimum atomic E-state index is -1.90. The molecule has 1 aliphatic heterocycles. The third kappa shape index (κ3) is 5.33. The number of ether oxygens (including phenoxy) is 2. The normalized spacial score (nSPS) is 26.5. The minimum absolute atomic E-state index is 0.304. The molecule has 5 nitrogen and oxygen atoms in total. The van der Waals surface area contributed by atoms with E-state index in [2.05, 4.69) is 20.8 Å². The van der Waals surface area contributed by atoms with Gasteiger partial charge in [0.05, 0.1) is 12.7 Å². The lowest BCUT2D eigenvalue weighted by Crippen LogP contribution is -2.57. The molecule has 1 aliphatic rings. The van der Waals surface area contributed by atoms with Crippen molar-refractivity contribution >= 4 is 26.0 Å². The highest BCUT2D eigenvalue weighted by atomic mass is 32.2. The highest BCUT2D eigenvalue weighted by Crippen LogP contribution is 2.35. The van der Waals surface area contributed by atoms with Crippen LogP contribution in [0.1, 0.15) is 27.7 Å². The molecule has 0 amide bonds. The summed E-state index contributed by atoms with van der Waals surface area (Å²) in [7, 11) is -1.90. The Morgan fingerprint density at radius 2 is 1.85 bits per heavy atom. The maximum Gasteiger partial charge on any atom is 0.303 e. The average Bonchev–Trinajstić information content (AvgIpc) is 2.65. The number of aliphatic hydroxyl groups is 1. The number of carbonyl (C=O) groups excluding carboxylic acids is 1. The van der Waals surface area contributed by atoms with Crippen molar-refractivity contribution in [2.24, 2.45) is 0 Å². The monoisotopic (exact) mass is 398 g/mol. The van der Waals surface area contributed by atoms with Crippen LogP contribution in [0, 0.1) is 0 Å². The van der Waals surface area contributed by atoms with Crippen LogP contribution < -0.4 is 0 Å². The van der Waals surface area contributed by atoms with Crippen molar-refractivity contribution in [1.82, 2.24) is 0 Å². The quantitative estimate of drug-likeness (QED) is 0.530. The largest absolute Gasteiger partial charge is 0.456 e.